The highest BCUT2D eigenvalue weighted by molar-refractivity contribution is 5.78. The fourth-order valence-corrected chi connectivity index (χ4v) is 4.22. The molecule has 0 aliphatic carbocycles. The van der Waals surface area contributed by atoms with Gasteiger partial charge in [0.1, 0.15) is 5.54 Å². The number of rotatable bonds is 4. The summed E-state index contributed by atoms with van der Waals surface area (Å²) in [5.74, 6) is 0. The molecule has 0 radical (unpaired) electrons. The fourth-order valence-electron chi connectivity index (χ4n) is 4.22. The number of nitrogens with zero attached hydrogens (tertiary/aromatic N) is 1. The van der Waals surface area contributed by atoms with Crippen LogP contribution in [0.4, 0.5) is 4.79 Å². The summed E-state index contributed by atoms with van der Waals surface area (Å²) in [6.45, 7) is 3.56. The molecule has 1 N–H and O–H groups in total. The summed E-state index contributed by atoms with van der Waals surface area (Å²) in [7, 11) is 0. The van der Waals surface area contributed by atoms with Crippen molar-refractivity contribution >= 4 is 6.03 Å². The van der Waals surface area contributed by atoms with Gasteiger partial charge in [0.15, 0.2) is 0 Å². The van der Waals surface area contributed by atoms with E-state index in [9.17, 15) is 4.79 Å². The number of hydrogen-bond donors (Lipinski definition) is 1. The van der Waals surface area contributed by atoms with E-state index in [2.05, 4.69) is 60.8 Å². The van der Waals surface area contributed by atoms with Crippen molar-refractivity contribution in [1.29, 1.82) is 0 Å². The molecule has 3 heteroatoms. The highest BCUT2D eigenvalue weighted by Crippen LogP contribution is 2.44. The molecule has 3 aromatic carbocycles. The number of benzene rings is 3. The Hall–Kier alpha value is -3.07. The number of nitrogens with one attached hydrogen (secondary N) is 1. The second-order valence-electron chi connectivity index (χ2n) is 6.99. The van der Waals surface area contributed by atoms with Gasteiger partial charge in [0.25, 0.3) is 0 Å². The average Bonchev–Trinajstić information content (AvgIpc) is 2.73. The normalized spacial score (nSPS) is 14.7. The molecule has 1 heterocycles. The summed E-state index contributed by atoms with van der Waals surface area (Å²) < 4.78 is 0. The van der Waals surface area contributed by atoms with Gasteiger partial charge in [-0.1, -0.05) is 84.9 Å². The number of carbonyl (C=O) groups excluding carboxylic acids is 1. The van der Waals surface area contributed by atoms with Gasteiger partial charge in [-0.3, -0.25) is 0 Å². The van der Waals surface area contributed by atoms with E-state index < -0.39 is 5.54 Å². The predicted molar refractivity (Wildman–Crippen MR) is 109 cm³/mol. The molecule has 0 saturated carbocycles. The van der Waals surface area contributed by atoms with Crippen molar-refractivity contribution < 1.29 is 4.79 Å². The molecule has 4 rings (SSSR count). The van der Waals surface area contributed by atoms with Crippen molar-refractivity contribution in [3.05, 3.63) is 107 Å². The summed E-state index contributed by atoms with van der Waals surface area (Å²) >= 11 is 0. The minimum absolute atomic E-state index is 0.0165. The van der Waals surface area contributed by atoms with E-state index >= 15 is 0 Å². The second-order valence-corrected chi connectivity index (χ2v) is 6.99. The summed E-state index contributed by atoms with van der Waals surface area (Å²) in [6, 6.07) is 29.1. The molecule has 2 amide bonds. The van der Waals surface area contributed by atoms with Gasteiger partial charge in [0.2, 0.25) is 0 Å². The third-order valence-electron chi connectivity index (χ3n) is 5.40. The molecular weight excluding hydrogens is 332 g/mol. The van der Waals surface area contributed by atoms with Crippen molar-refractivity contribution in [2.45, 2.75) is 18.9 Å². The molecule has 0 aromatic heterocycles. The highest BCUT2D eigenvalue weighted by atomic mass is 16.2. The summed E-state index contributed by atoms with van der Waals surface area (Å²) in [4.78, 5) is 15.1. The number of hydrogen-bond acceptors (Lipinski definition) is 1. The number of urea groups is 1. The Bertz CT molecular complexity index is 882. The van der Waals surface area contributed by atoms with Crippen LogP contribution in [0.15, 0.2) is 84.9 Å². The van der Waals surface area contributed by atoms with Gasteiger partial charge in [0.05, 0.1) is 0 Å². The molecule has 1 aliphatic heterocycles. The minimum atomic E-state index is -0.668. The SMILES string of the molecule is Cc1ccccc1C(c1ccccc1)(c1ccccc1)N1CCCNC1=O. The van der Waals surface area contributed by atoms with Crippen LogP contribution in [-0.4, -0.2) is 24.0 Å². The molecule has 136 valence electrons. The third-order valence-corrected chi connectivity index (χ3v) is 5.40. The number of carbonyl (C=O) groups is 1. The molecular formula is C24H24N2O. The maximum Gasteiger partial charge on any atom is 0.318 e. The Labute approximate surface area is 160 Å². The van der Waals surface area contributed by atoms with Crippen LogP contribution < -0.4 is 5.32 Å². The zero-order valence-electron chi connectivity index (χ0n) is 15.6. The van der Waals surface area contributed by atoms with Crippen molar-refractivity contribution in [1.82, 2.24) is 10.2 Å². The molecule has 0 unspecified atom stereocenters. The smallest absolute Gasteiger partial charge is 0.318 e. The molecule has 1 saturated heterocycles. The Morgan fingerprint density at radius 2 is 1.37 bits per heavy atom. The van der Waals surface area contributed by atoms with Crippen molar-refractivity contribution in [3.8, 4) is 0 Å². The van der Waals surface area contributed by atoms with Crippen LogP contribution in [0, 0.1) is 6.92 Å². The summed E-state index contributed by atoms with van der Waals surface area (Å²) in [6.07, 6.45) is 0.930. The van der Waals surface area contributed by atoms with Crippen LogP contribution in [0.25, 0.3) is 0 Å². The van der Waals surface area contributed by atoms with E-state index in [-0.39, 0.29) is 6.03 Å². The molecule has 0 atom stereocenters. The summed E-state index contributed by atoms with van der Waals surface area (Å²) in [5.41, 5.74) is 3.84. The van der Waals surface area contributed by atoms with Crippen LogP contribution >= 0.6 is 0 Å². The molecule has 1 fully saturated rings. The Balaban J connectivity index is 2.09. The molecule has 3 aromatic rings. The van der Waals surface area contributed by atoms with E-state index in [1.54, 1.807) is 0 Å². The van der Waals surface area contributed by atoms with Gasteiger partial charge in [0, 0.05) is 13.1 Å². The summed E-state index contributed by atoms with van der Waals surface area (Å²) in [5, 5.41) is 3.05. The number of aryl methyl sites for hydroxylation is 1. The maximum absolute atomic E-state index is 13.1. The molecule has 0 spiro atoms. The minimum Gasteiger partial charge on any atom is -0.338 e. The Morgan fingerprint density at radius 1 is 0.815 bits per heavy atom. The van der Waals surface area contributed by atoms with Crippen LogP contribution in [0.5, 0.6) is 0 Å². The first kappa shape index (κ1) is 17.3. The van der Waals surface area contributed by atoms with E-state index in [4.69, 9.17) is 0 Å². The fraction of sp³-hybridized carbons (Fsp3) is 0.208. The molecule has 3 nitrogen and oxygen atoms in total. The van der Waals surface area contributed by atoms with Crippen LogP contribution in [-0.2, 0) is 5.54 Å². The maximum atomic E-state index is 13.1. The number of amides is 2. The second kappa shape index (κ2) is 7.28. The standard InChI is InChI=1S/C24H24N2O/c1-19-11-8-9-16-22(19)24(20-12-4-2-5-13-20,21-14-6-3-7-15-21)26-18-10-17-25-23(26)27/h2-9,11-16H,10,17-18H2,1H3,(H,25,27). The van der Waals surface area contributed by atoms with E-state index in [0.29, 0.717) is 6.54 Å². The predicted octanol–water partition coefficient (Wildman–Crippen LogP) is 4.70. The lowest BCUT2D eigenvalue weighted by Gasteiger charge is -2.47. The van der Waals surface area contributed by atoms with Gasteiger partial charge in [-0.2, -0.15) is 0 Å². The lowest BCUT2D eigenvalue weighted by Crippen LogP contribution is -2.58. The van der Waals surface area contributed by atoms with E-state index in [0.717, 1.165) is 29.7 Å². The van der Waals surface area contributed by atoms with Crippen LogP contribution in [0.1, 0.15) is 28.7 Å². The molecule has 1 aliphatic rings. The zero-order chi connectivity index (χ0) is 18.7. The van der Waals surface area contributed by atoms with Crippen molar-refractivity contribution in [3.63, 3.8) is 0 Å². The van der Waals surface area contributed by atoms with Gasteiger partial charge >= 0.3 is 6.03 Å². The molecule has 0 bridgehead atoms. The van der Waals surface area contributed by atoms with Gasteiger partial charge in [-0.05, 0) is 35.6 Å². The highest BCUT2D eigenvalue weighted by Gasteiger charge is 2.46. The van der Waals surface area contributed by atoms with E-state index in [1.807, 2.05) is 41.3 Å². The van der Waals surface area contributed by atoms with Crippen LogP contribution in [0.2, 0.25) is 0 Å². The Kier molecular flexibility index (Phi) is 4.68. The Morgan fingerprint density at radius 3 is 1.93 bits per heavy atom. The molecule has 27 heavy (non-hydrogen) atoms. The van der Waals surface area contributed by atoms with Crippen molar-refractivity contribution in [2.24, 2.45) is 0 Å². The quantitative estimate of drug-likeness (QED) is 0.675. The monoisotopic (exact) mass is 356 g/mol. The topological polar surface area (TPSA) is 32.3 Å². The van der Waals surface area contributed by atoms with E-state index in [1.165, 1.54) is 5.56 Å². The first-order valence-electron chi connectivity index (χ1n) is 9.47. The first-order valence-corrected chi connectivity index (χ1v) is 9.47. The van der Waals surface area contributed by atoms with Gasteiger partial charge < -0.3 is 10.2 Å². The third kappa shape index (κ3) is 2.89. The van der Waals surface area contributed by atoms with Gasteiger partial charge in [-0.15, -0.1) is 0 Å². The largest absolute Gasteiger partial charge is 0.338 e. The lowest BCUT2D eigenvalue weighted by atomic mass is 9.74. The lowest BCUT2D eigenvalue weighted by molar-refractivity contribution is 0.142. The first-order chi connectivity index (χ1) is 13.2. The van der Waals surface area contributed by atoms with Crippen molar-refractivity contribution in [2.75, 3.05) is 13.1 Å². The van der Waals surface area contributed by atoms with Crippen LogP contribution in [0.3, 0.4) is 0 Å². The zero-order valence-corrected chi connectivity index (χ0v) is 15.6. The van der Waals surface area contributed by atoms with Gasteiger partial charge in [-0.25, -0.2) is 4.79 Å². The average molecular weight is 356 g/mol.